The highest BCUT2D eigenvalue weighted by Gasteiger charge is 2.25. The largest absolute Gasteiger partial charge is 0.459 e. The topological polar surface area (TPSA) is 109 Å². The SMILES string of the molecule is Cc1cc(C(=O)Nc2ccc(N3CCN(C(=O)c4ccco4)CC3)c(Cl)c2)ccc1[N+](=O)[O-]. The zero-order valence-corrected chi connectivity index (χ0v) is 18.5. The number of nitro groups is 1. The molecule has 0 aliphatic carbocycles. The van der Waals surface area contributed by atoms with Crippen LogP contribution in [0.3, 0.4) is 0 Å². The van der Waals surface area contributed by atoms with E-state index in [1.807, 2.05) is 6.07 Å². The number of nitro benzene ring substituents is 1. The number of nitrogens with one attached hydrogen (secondary N) is 1. The van der Waals surface area contributed by atoms with E-state index < -0.39 is 4.92 Å². The molecule has 170 valence electrons. The smallest absolute Gasteiger partial charge is 0.289 e. The molecule has 10 heteroatoms. The van der Waals surface area contributed by atoms with Gasteiger partial charge < -0.3 is 19.5 Å². The average Bonchev–Trinajstić information content (AvgIpc) is 3.33. The molecule has 0 bridgehead atoms. The first-order chi connectivity index (χ1) is 15.8. The molecule has 2 aromatic carbocycles. The van der Waals surface area contributed by atoms with Gasteiger partial charge in [0.1, 0.15) is 0 Å². The molecule has 1 aromatic heterocycles. The second-order valence-corrected chi connectivity index (χ2v) is 8.04. The number of carbonyl (C=O) groups is 2. The van der Waals surface area contributed by atoms with Crippen molar-refractivity contribution >= 4 is 40.5 Å². The molecule has 0 spiro atoms. The lowest BCUT2D eigenvalue weighted by Crippen LogP contribution is -2.48. The summed E-state index contributed by atoms with van der Waals surface area (Å²) in [4.78, 5) is 39.3. The maximum absolute atomic E-state index is 12.6. The van der Waals surface area contributed by atoms with Gasteiger partial charge in [-0.3, -0.25) is 19.7 Å². The number of carbonyl (C=O) groups excluding carboxylic acids is 2. The fourth-order valence-electron chi connectivity index (χ4n) is 3.75. The number of benzene rings is 2. The predicted molar refractivity (Wildman–Crippen MR) is 124 cm³/mol. The summed E-state index contributed by atoms with van der Waals surface area (Å²) in [5, 5.41) is 14.2. The Morgan fingerprint density at radius 3 is 2.45 bits per heavy atom. The first-order valence-electron chi connectivity index (χ1n) is 10.3. The first-order valence-corrected chi connectivity index (χ1v) is 10.6. The number of anilines is 2. The number of hydrogen-bond acceptors (Lipinski definition) is 6. The number of rotatable bonds is 5. The van der Waals surface area contributed by atoms with Gasteiger partial charge in [-0.15, -0.1) is 0 Å². The number of furan rings is 1. The molecule has 0 unspecified atom stereocenters. The van der Waals surface area contributed by atoms with Crippen LogP contribution in [0.2, 0.25) is 5.02 Å². The highest BCUT2D eigenvalue weighted by molar-refractivity contribution is 6.33. The van der Waals surface area contributed by atoms with Gasteiger partial charge in [-0.2, -0.15) is 0 Å². The summed E-state index contributed by atoms with van der Waals surface area (Å²) in [6, 6.07) is 12.8. The normalized spacial score (nSPS) is 13.6. The Bertz CT molecular complexity index is 1200. The van der Waals surface area contributed by atoms with Gasteiger partial charge in [-0.1, -0.05) is 11.6 Å². The first kappa shape index (κ1) is 22.3. The Morgan fingerprint density at radius 2 is 1.85 bits per heavy atom. The standard InChI is InChI=1S/C23H21ClN4O5/c1-15-13-16(4-6-19(15)28(31)32)22(29)25-17-5-7-20(18(24)14-17)26-8-10-27(11-9-26)23(30)21-3-2-12-33-21/h2-7,12-14H,8-11H2,1H3,(H,25,29). The van der Waals surface area contributed by atoms with Crippen LogP contribution in [0.1, 0.15) is 26.5 Å². The van der Waals surface area contributed by atoms with Gasteiger partial charge in [-0.05, 0) is 49.4 Å². The third-order valence-electron chi connectivity index (χ3n) is 5.50. The Morgan fingerprint density at radius 1 is 1.09 bits per heavy atom. The fourth-order valence-corrected chi connectivity index (χ4v) is 4.05. The predicted octanol–water partition coefficient (Wildman–Crippen LogP) is 4.36. The number of aryl methyl sites for hydroxylation is 1. The third kappa shape index (κ3) is 4.83. The van der Waals surface area contributed by atoms with E-state index in [9.17, 15) is 19.7 Å². The Kier molecular flexibility index (Phi) is 6.32. The molecule has 1 aliphatic rings. The summed E-state index contributed by atoms with van der Waals surface area (Å²) in [7, 11) is 0. The van der Waals surface area contributed by atoms with Gasteiger partial charge in [0, 0.05) is 49.1 Å². The van der Waals surface area contributed by atoms with Crippen molar-refractivity contribution < 1.29 is 18.9 Å². The molecule has 3 aromatic rings. The second kappa shape index (κ2) is 9.33. The molecule has 1 N–H and O–H groups in total. The Labute approximate surface area is 194 Å². The van der Waals surface area contributed by atoms with Crippen LogP contribution in [0.25, 0.3) is 0 Å². The van der Waals surface area contributed by atoms with Gasteiger partial charge in [0.05, 0.1) is 21.9 Å². The summed E-state index contributed by atoms with van der Waals surface area (Å²) in [5.41, 5.74) is 2.01. The molecule has 2 amide bonds. The van der Waals surface area contributed by atoms with Crippen molar-refractivity contribution in [3.63, 3.8) is 0 Å². The van der Waals surface area contributed by atoms with Gasteiger partial charge in [-0.25, -0.2) is 0 Å². The summed E-state index contributed by atoms with van der Waals surface area (Å²) in [5.74, 6) is -0.197. The lowest BCUT2D eigenvalue weighted by atomic mass is 10.1. The van der Waals surface area contributed by atoms with Crippen molar-refractivity contribution in [2.24, 2.45) is 0 Å². The summed E-state index contributed by atoms with van der Waals surface area (Å²) >= 11 is 6.49. The summed E-state index contributed by atoms with van der Waals surface area (Å²) < 4.78 is 5.19. The molecule has 2 heterocycles. The van der Waals surface area contributed by atoms with Crippen molar-refractivity contribution in [2.45, 2.75) is 6.92 Å². The van der Waals surface area contributed by atoms with Gasteiger partial charge in [0.15, 0.2) is 5.76 Å². The van der Waals surface area contributed by atoms with Gasteiger partial charge in [0.2, 0.25) is 0 Å². The Hall–Kier alpha value is -3.85. The van der Waals surface area contributed by atoms with Crippen molar-refractivity contribution in [3.05, 3.63) is 86.8 Å². The molecule has 1 aliphatic heterocycles. The summed E-state index contributed by atoms with van der Waals surface area (Å²) in [6.45, 7) is 3.88. The lowest BCUT2D eigenvalue weighted by molar-refractivity contribution is -0.385. The van der Waals surface area contributed by atoms with E-state index in [1.165, 1.54) is 24.5 Å². The van der Waals surface area contributed by atoms with Crippen LogP contribution in [0.5, 0.6) is 0 Å². The minimum absolute atomic E-state index is 0.0371. The second-order valence-electron chi connectivity index (χ2n) is 7.64. The molecule has 1 fully saturated rings. The molecule has 0 atom stereocenters. The molecular formula is C23H21ClN4O5. The molecule has 1 saturated heterocycles. The van der Waals surface area contributed by atoms with Crippen molar-refractivity contribution in [1.29, 1.82) is 0 Å². The van der Waals surface area contributed by atoms with Crippen LogP contribution in [0.4, 0.5) is 17.1 Å². The maximum atomic E-state index is 12.6. The van der Waals surface area contributed by atoms with Gasteiger partial charge in [0.25, 0.3) is 17.5 Å². The fraction of sp³-hybridized carbons (Fsp3) is 0.217. The maximum Gasteiger partial charge on any atom is 0.289 e. The van der Waals surface area contributed by atoms with E-state index >= 15 is 0 Å². The number of piperazine rings is 1. The number of halogens is 1. The van der Waals surface area contributed by atoms with Crippen molar-refractivity contribution in [1.82, 2.24) is 4.90 Å². The quantitative estimate of drug-likeness (QED) is 0.440. The van der Waals surface area contributed by atoms with Crippen LogP contribution < -0.4 is 10.2 Å². The summed E-state index contributed by atoms with van der Waals surface area (Å²) in [6.07, 6.45) is 1.48. The average molecular weight is 469 g/mol. The van der Waals surface area contributed by atoms with E-state index in [-0.39, 0.29) is 17.5 Å². The van der Waals surface area contributed by atoms with Crippen molar-refractivity contribution in [3.8, 4) is 0 Å². The highest BCUT2D eigenvalue weighted by Crippen LogP contribution is 2.30. The minimum atomic E-state index is -0.484. The van der Waals surface area contributed by atoms with Crippen LogP contribution in [-0.2, 0) is 0 Å². The highest BCUT2D eigenvalue weighted by atomic mass is 35.5. The zero-order chi connectivity index (χ0) is 23.5. The van der Waals surface area contributed by atoms with Crippen LogP contribution in [-0.4, -0.2) is 47.8 Å². The Balaban J connectivity index is 1.39. The monoisotopic (exact) mass is 468 g/mol. The molecule has 0 radical (unpaired) electrons. The van der Waals surface area contributed by atoms with Crippen LogP contribution in [0, 0.1) is 17.0 Å². The number of nitrogens with zero attached hydrogens (tertiary/aromatic N) is 3. The molecule has 33 heavy (non-hydrogen) atoms. The number of hydrogen-bond donors (Lipinski definition) is 1. The molecule has 0 saturated carbocycles. The van der Waals surface area contributed by atoms with Crippen LogP contribution >= 0.6 is 11.6 Å². The molecule has 4 rings (SSSR count). The van der Waals surface area contributed by atoms with E-state index in [1.54, 1.807) is 36.1 Å². The van der Waals surface area contributed by atoms with Gasteiger partial charge >= 0.3 is 0 Å². The van der Waals surface area contributed by atoms with Crippen LogP contribution in [0.15, 0.2) is 59.2 Å². The van der Waals surface area contributed by atoms with E-state index in [4.69, 9.17) is 16.0 Å². The van der Waals surface area contributed by atoms with E-state index in [0.717, 1.165) is 5.69 Å². The third-order valence-corrected chi connectivity index (χ3v) is 5.80. The molecular weight excluding hydrogens is 448 g/mol. The van der Waals surface area contributed by atoms with Crippen molar-refractivity contribution in [2.75, 3.05) is 36.4 Å². The zero-order valence-electron chi connectivity index (χ0n) is 17.8. The lowest BCUT2D eigenvalue weighted by Gasteiger charge is -2.36. The van der Waals surface area contributed by atoms with E-state index in [2.05, 4.69) is 10.2 Å². The van der Waals surface area contributed by atoms with E-state index in [0.29, 0.717) is 53.8 Å². The minimum Gasteiger partial charge on any atom is -0.459 e. The molecule has 9 nitrogen and oxygen atoms in total. The number of amides is 2.